The SMILES string of the molecule is Cn1cc(CN(CCC(=O)O)C2CC2)cn1. The zero-order chi connectivity index (χ0) is 11.5. The Morgan fingerprint density at radius 1 is 1.69 bits per heavy atom. The van der Waals surface area contributed by atoms with Gasteiger partial charge in [0.05, 0.1) is 12.6 Å². The van der Waals surface area contributed by atoms with E-state index in [-0.39, 0.29) is 6.42 Å². The molecule has 1 N–H and O–H groups in total. The number of aromatic nitrogens is 2. The second-order valence-electron chi connectivity index (χ2n) is 4.37. The second-order valence-corrected chi connectivity index (χ2v) is 4.37. The predicted molar refractivity (Wildman–Crippen MR) is 58.9 cm³/mol. The number of rotatable bonds is 6. The molecule has 1 aromatic rings. The van der Waals surface area contributed by atoms with Gasteiger partial charge in [0.15, 0.2) is 0 Å². The van der Waals surface area contributed by atoms with Crippen LogP contribution in [0.5, 0.6) is 0 Å². The summed E-state index contributed by atoms with van der Waals surface area (Å²) < 4.78 is 1.78. The molecule has 1 heterocycles. The summed E-state index contributed by atoms with van der Waals surface area (Å²) in [6, 6.07) is 0.583. The van der Waals surface area contributed by atoms with Crippen molar-refractivity contribution in [3.8, 4) is 0 Å². The number of hydrogen-bond acceptors (Lipinski definition) is 3. The Bertz CT molecular complexity index is 371. The summed E-state index contributed by atoms with van der Waals surface area (Å²) in [5, 5.41) is 12.8. The van der Waals surface area contributed by atoms with Crippen molar-refractivity contribution in [1.82, 2.24) is 14.7 Å². The van der Waals surface area contributed by atoms with Gasteiger partial charge in [-0.2, -0.15) is 5.10 Å². The normalized spacial score (nSPS) is 15.6. The van der Waals surface area contributed by atoms with Crippen LogP contribution in [0.3, 0.4) is 0 Å². The first-order chi connectivity index (χ1) is 7.65. The van der Waals surface area contributed by atoms with E-state index < -0.39 is 5.97 Å². The molecule has 5 heteroatoms. The maximum absolute atomic E-state index is 10.6. The van der Waals surface area contributed by atoms with Gasteiger partial charge in [-0.1, -0.05) is 0 Å². The molecular weight excluding hydrogens is 206 g/mol. The largest absolute Gasteiger partial charge is 0.481 e. The van der Waals surface area contributed by atoms with E-state index >= 15 is 0 Å². The van der Waals surface area contributed by atoms with Crippen molar-refractivity contribution in [3.05, 3.63) is 18.0 Å². The first-order valence-electron chi connectivity index (χ1n) is 5.58. The van der Waals surface area contributed by atoms with E-state index in [0.29, 0.717) is 12.6 Å². The molecule has 1 fully saturated rings. The highest BCUT2D eigenvalue weighted by Crippen LogP contribution is 2.28. The molecule has 0 radical (unpaired) electrons. The van der Waals surface area contributed by atoms with Crippen LogP contribution >= 0.6 is 0 Å². The standard InChI is InChI=1S/C11H17N3O2/c1-13-7-9(6-12-13)8-14(10-2-3-10)5-4-11(15)16/h6-7,10H,2-5,8H2,1H3,(H,15,16). The molecule has 0 spiro atoms. The van der Waals surface area contributed by atoms with E-state index in [1.54, 1.807) is 4.68 Å². The lowest BCUT2D eigenvalue weighted by atomic mass is 10.3. The van der Waals surface area contributed by atoms with Gasteiger partial charge < -0.3 is 5.11 Å². The molecule has 2 rings (SSSR count). The number of hydrogen-bond donors (Lipinski definition) is 1. The van der Waals surface area contributed by atoms with Crippen LogP contribution in [0.4, 0.5) is 0 Å². The Labute approximate surface area is 94.7 Å². The van der Waals surface area contributed by atoms with E-state index in [1.165, 1.54) is 12.8 Å². The number of aliphatic carboxylic acids is 1. The molecule has 0 saturated heterocycles. The third kappa shape index (κ3) is 3.06. The molecule has 88 valence electrons. The number of aryl methyl sites for hydroxylation is 1. The molecule has 16 heavy (non-hydrogen) atoms. The van der Waals surface area contributed by atoms with Crippen LogP contribution in [-0.2, 0) is 18.4 Å². The van der Waals surface area contributed by atoms with Gasteiger partial charge in [0.25, 0.3) is 0 Å². The minimum Gasteiger partial charge on any atom is -0.481 e. The van der Waals surface area contributed by atoms with Gasteiger partial charge in [0.2, 0.25) is 0 Å². The fourth-order valence-electron chi connectivity index (χ4n) is 1.86. The van der Waals surface area contributed by atoms with Crippen LogP contribution in [0.2, 0.25) is 0 Å². The quantitative estimate of drug-likeness (QED) is 0.777. The second kappa shape index (κ2) is 4.65. The average Bonchev–Trinajstić information content (AvgIpc) is 2.98. The molecule has 1 aliphatic rings. The summed E-state index contributed by atoms with van der Waals surface area (Å²) in [4.78, 5) is 12.8. The zero-order valence-electron chi connectivity index (χ0n) is 9.46. The Kier molecular flexibility index (Phi) is 3.24. The minimum atomic E-state index is -0.725. The summed E-state index contributed by atoms with van der Waals surface area (Å²) in [6.45, 7) is 1.45. The molecule has 5 nitrogen and oxygen atoms in total. The average molecular weight is 223 g/mol. The maximum atomic E-state index is 10.6. The monoisotopic (exact) mass is 223 g/mol. The first-order valence-corrected chi connectivity index (χ1v) is 5.58. The van der Waals surface area contributed by atoms with Crippen molar-refractivity contribution in [2.24, 2.45) is 7.05 Å². The summed E-state index contributed by atoms with van der Waals surface area (Å²) in [5.41, 5.74) is 1.15. The minimum absolute atomic E-state index is 0.219. The molecule has 0 amide bonds. The third-order valence-electron chi connectivity index (χ3n) is 2.82. The van der Waals surface area contributed by atoms with E-state index in [4.69, 9.17) is 5.11 Å². The van der Waals surface area contributed by atoms with E-state index in [2.05, 4.69) is 10.00 Å². The lowest BCUT2D eigenvalue weighted by Crippen LogP contribution is -2.28. The van der Waals surface area contributed by atoms with Crippen molar-refractivity contribution in [2.75, 3.05) is 6.54 Å². The van der Waals surface area contributed by atoms with Crippen molar-refractivity contribution in [1.29, 1.82) is 0 Å². The Morgan fingerprint density at radius 2 is 2.44 bits per heavy atom. The summed E-state index contributed by atoms with van der Waals surface area (Å²) in [6.07, 6.45) is 6.43. The number of carboxylic acid groups (broad SMARTS) is 1. The molecular formula is C11H17N3O2. The lowest BCUT2D eigenvalue weighted by molar-refractivity contribution is -0.137. The maximum Gasteiger partial charge on any atom is 0.304 e. The van der Waals surface area contributed by atoms with Crippen molar-refractivity contribution < 1.29 is 9.90 Å². The van der Waals surface area contributed by atoms with Gasteiger partial charge in [-0.15, -0.1) is 0 Å². The van der Waals surface area contributed by atoms with Crippen LogP contribution in [0.15, 0.2) is 12.4 Å². The molecule has 0 atom stereocenters. The van der Waals surface area contributed by atoms with Crippen LogP contribution in [0.1, 0.15) is 24.8 Å². The van der Waals surface area contributed by atoms with Gasteiger partial charge in [-0.25, -0.2) is 0 Å². The van der Waals surface area contributed by atoms with Crippen molar-refractivity contribution >= 4 is 5.97 Å². The first kappa shape index (κ1) is 11.1. The molecule has 1 aromatic heterocycles. The number of carboxylic acids is 1. The van der Waals surface area contributed by atoms with Crippen LogP contribution < -0.4 is 0 Å². The van der Waals surface area contributed by atoms with Gasteiger partial charge >= 0.3 is 5.97 Å². The van der Waals surface area contributed by atoms with Crippen LogP contribution in [-0.4, -0.2) is 38.3 Å². The topological polar surface area (TPSA) is 58.4 Å². The fourth-order valence-corrected chi connectivity index (χ4v) is 1.86. The third-order valence-corrected chi connectivity index (χ3v) is 2.82. The molecule has 0 bridgehead atoms. The van der Waals surface area contributed by atoms with Gasteiger partial charge in [-0.3, -0.25) is 14.4 Å². The van der Waals surface area contributed by atoms with Crippen molar-refractivity contribution in [3.63, 3.8) is 0 Å². The lowest BCUT2D eigenvalue weighted by Gasteiger charge is -2.19. The highest BCUT2D eigenvalue weighted by atomic mass is 16.4. The highest BCUT2D eigenvalue weighted by Gasteiger charge is 2.29. The molecule has 1 saturated carbocycles. The van der Waals surface area contributed by atoms with Gasteiger partial charge in [0.1, 0.15) is 0 Å². The highest BCUT2D eigenvalue weighted by molar-refractivity contribution is 5.66. The molecule has 0 aliphatic heterocycles. The summed E-state index contributed by atoms with van der Waals surface area (Å²) in [7, 11) is 1.89. The van der Waals surface area contributed by atoms with E-state index in [9.17, 15) is 4.79 Å². The molecule has 0 aromatic carbocycles. The zero-order valence-corrected chi connectivity index (χ0v) is 9.46. The fraction of sp³-hybridized carbons (Fsp3) is 0.636. The number of nitrogens with zero attached hydrogens (tertiary/aromatic N) is 3. The van der Waals surface area contributed by atoms with Crippen LogP contribution in [0, 0.1) is 0 Å². The van der Waals surface area contributed by atoms with E-state index in [0.717, 1.165) is 12.1 Å². The summed E-state index contributed by atoms with van der Waals surface area (Å²) in [5.74, 6) is -0.725. The number of carbonyl (C=O) groups is 1. The molecule has 0 unspecified atom stereocenters. The predicted octanol–water partition coefficient (Wildman–Crippen LogP) is 0.859. The summed E-state index contributed by atoms with van der Waals surface area (Å²) >= 11 is 0. The van der Waals surface area contributed by atoms with Gasteiger partial charge in [0, 0.05) is 37.9 Å². The van der Waals surface area contributed by atoms with Crippen molar-refractivity contribution in [2.45, 2.75) is 31.8 Å². The van der Waals surface area contributed by atoms with E-state index in [1.807, 2.05) is 19.4 Å². The Hall–Kier alpha value is -1.36. The Balaban J connectivity index is 1.89. The smallest absolute Gasteiger partial charge is 0.304 e. The van der Waals surface area contributed by atoms with Crippen LogP contribution in [0.25, 0.3) is 0 Å². The Morgan fingerprint density at radius 3 is 2.94 bits per heavy atom. The van der Waals surface area contributed by atoms with Gasteiger partial charge in [-0.05, 0) is 12.8 Å². The molecule has 1 aliphatic carbocycles.